The Labute approximate surface area is 117 Å². The molecule has 0 unspecified atom stereocenters. The van der Waals surface area contributed by atoms with E-state index in [0.29, 0.717) is 37.6 Å². The molecular weight excluding hydrogens is 260 g/mol. The van der Waals surface area contributed by atoms with E-state index in [-0.39, 0.29) is 6.03 Å². The fourth-order valence-corrected chi connectivity index (χ4v) is 1.96. The van der Waals surface area contributed by atoms with E-state index in [4.69, 9.17) is 4.74 Å². The van der Waals surface area contributed by atoms with Gasteiger partial charge in [0, 0.05) is 18.8 Å². The van der Waals surface area contributed by atoms with Crippen LogP contribution in [0.5, 0.6) is 0 Å². The third-order valence-electron chi connectivity index (χ3n) is 3.20. The van der Waals surface area contributed by atoms with Crippen LogP contribution in [0.4, 0.5) is 10.5 Å². The number of ether oxygens (including phenoxy) is 2. The number of nitrogens with zero attached hydrogens (tertiary/aromatic N) is 1. The molecular formula is C14H18N2O4. The van der Waals surface area contributed by atoms with Crippen molar-refractivity contribution in [1.29, 1.82) is 0 Å². The van der Waals surface area contributed by atoms with Crippen LogP contribution in [-0.4, -0.2) is 50.3 Å². The number of carbonyl (C=O) groups is 2. The van der Waals surface area contributed by atoms with E-state index in [9.17, 15) is 9.59 Å². The van der Waals surface area contributed by atoms with E-state index in [1.165, 1.54) is 7.11 Å². The molecule has 0 radical (unpaired) electrons. The van der Waals surface area contributed by atoms with Crippen LogP contribution >= 0.6 is 0 Å². The summed E-state index contributed by atoms with van der Waals surface area (Å²) in [6, 6.07) is 4.89. The van der Waals surface area contributed by atoms with E-state index in [1.807, 2.05) is 6.92 Å². The predicted molar refractivity (Wildman–Crippen MR) is 73.9 cm³/mol. The highest BCUT2D eigenvalue weighted by Gasteiger charge is 2.18. The number of amides is 2. The van der Waals surface area contributed by atoms with E-state index in [2.05, 4.69) is 10.1 Å². The third kappa shape index (κ3) is 3.27. The van der Waals surface area contributed by atoms with E-state index in [1.54, 1.807) is 23.1 Å². The summed E-state index contributed by atoms with van der Waals surface area (Å²) >= 11 is 0. The molecule has 0 bridgehead atoms. The first-order valence-corrected chi connectivity index (χ1v) is 6.44. The van der Waals surface area contributed by atoms with Gasteiger partial charge < -0.3 is 19.7 Å². The number of carbonyl (C=O) groups excluding carboxylic acids is 2. The van der Waals surface area contributed by atoms with Gasteiger partial charge in [-0.1, -0.05) is 6.07 Å². The average molecular weight is 278 g/mol. The summed E-state index contributed by atoms with van der Waals surface area (Å²) < 4.78 is 9.88. The number of rotatable bonds is 2. The quantitative estimate of drug-likeness (QED) is 0.835. The lowest BCUT2D eigenvalue weighted by Crippen LogP contribution is -2.43. The van der Waals surface area contributed by atoms with Crippen molar-refractivity contribution in [2.24, 2.45) is 0 Å². The lowest BCUT2D eigenvalue weighted by molar-refractivity contribution is 0.0564. The summed E-state index contributed by atoms with van der Waals surface area (Å²) in [6.45, 7) is 4.11. The largest absolute Gasteiger partial charge is 0.465 e. The summed E-state index contributed by atoms with van der Waals surface area (Å²) in [7, 11) is 1.33. The second-order valence-corrected chi connectivity index (χ2v) is 4.55. The Bertz CT molecular complexity index is 510. The number of morpholine rings is 1. The molecule has 1 aromatic rings. The van der Waals surface area contributed by atoms with Crippen molar-refractivity contribution in [3.05, 3.63) is 29.3 Å². The predicted octanol–water partition coefficient (Wildman–Crippen LogP) is 1.65. The van der Waals surface area contributed by atoms with Crippen LogP contribution < -0.4 is 5.32 Å². The lowest BCUT2D eigenvalue weighted by Gasteiger charge is -2.27. The second kappa shape index (κ2) is 6.38. The Morgan fingerprint density at radius 1 is 1.30 bits per heavy atom. The Balaban J connectivity index is 2.11. The number of methoxy groups -OCH3 is 1. The molecule has 1 aliphatic heterocycles. The summed E-state index contributed by atoms with van der Waals surface area (Å²) in [5, 5.41) is 2.82. The molecule has 6 nitrogen and oxygen atoms in total. The molecule has 6 heteroatoms. The summed E-state index contributed by atoms with van der Waals surface area (Å²) in [6.07, 6.45) is 0. The normalized spacial score (nSPS) is 14.8. The third-order valence-corrected chi connectivity index (χ3v) is 3.20. The first-order valence-electron chi connectivity index (χ1n) is 6.44. The van der Waals surface area contributed by atoms with Gasteiger partial charge in [-0.2, -0.15) is 0 Å². The zero-order valence-corrected chi connectivity index (χ0v) is 11.6. The molecule has 2 rings (SSSR count). The van der Waals surface area contributed by atoms with Crippen molar-refractivity contribution >= 4 is 17.7 Å². The van der Waals surface area contributed by atoms with Gasteiger partial charge in [0.05, 0.1) is 25.9 Å². The molecule has 0 atom stereocenters. The maximum absolute atomic E-state index is 12.1. The van der Waals surface area contributed by atoms with Gasteiger partial charge in [-0.25, -0.2) is 9.59 Å². The molecule has 1 N–H and O–H groups in total. The average Bonchev–Trinajstić information content (AvgIpc) is 2.49. The summed E-state index contributed by atoms with van der Waals surface area (Å²) in [4.78, 5) is 25.3. The van der Waals surface area contributed by atoms with Gasteiger partial charge in [0.15, 0.2) is 0 Å². The lowest BCUT2D eigenvalue weighted by atomic mass is 10.1. The van der Waals surface area contributed by atoms with Gasteiger partial charge >= 0.3 is 12.0 Å². The van der Waals surface area contributed by atoms with Crippen LogP contribution in [0.25, 0.3) is 0 Å². The monoisotopic (exact) mass is 278 g/mol. The minimum atomic E-state index is -0.424. The molecule has 1 aliphatic rings. The second-order valence-electron chi connectivity index (χ2n) is 4.55. The highest BCUT2D eigenvalue weighted by molar-refractivity contribution is 5.94. The molecule has 0 spiro atoms. The molecule has 1 saturated heterocycles. The minimum Gasteiger partial charge on any atom is -0.465 e. The minimum absolute atomic E-state index is 0.182. The molecule has 1 aromatic carbocycles. The zero-order valence-electron chi connectivity index (χ0n) is 11.6. The molecule has 0 aliphatic carbocycles. The number of esters is 1. The van der Waals surface area contributed by atoms with Gasteiger partial charge in [0.2, 0.25) is 0 Å². The maximum Gasteiger partial charge on any atom is 0.337 e. The number of hydrogen-bond donors (Lipinski definition) is 1. The van der Waals surface area contributed by atoms with Crippen LogP contribution in [0.2, 0.25) is 0 Å². The van der Waals surface area contributed by atoms with Crippen molar-refractivity contribution in [3.8, 4) is 0 Å². The number of aryl methyl sites for hydroxylation is 1. The number of nitrogens with one attached hydrogen (secondary N) is 1. The molecule has 1 fully saturated rings. The number of benzene rings is 1. The van der Waals surface area contributed by atoms with Gasteiger partial charge in [-0.05, 0) is 24.6 Å². The van der Waals surface area contributed by atoms with Crippen LogP contribution in [0.15, 0.2) is 18.2 Å². The zero-order chi connectivity index (χ0) is 14.5. The number of urea groups is 1. The van der Waals surface area contributed by atoms with Crippen molar-refractivity contribution in [3.63, 3.8) is 0 Å². The fourth-order valence-electron chi connectivity index (χ4n) is 1.96. The van der Waals surface area contributed by atoms with Crippen LogP contribution in [0.3, 0.4) is 0 Å². The van der Waals surface area contributed by atoms with Crippen molar-refractivity contribution in [2.45, 2.75) is 6.92 Å². The van der Waals surface area contributed by atoms with E-state index < -0.39 is 5.97 Å². The summed E-state index contributed by atoms with van der Waals surface area (Å²) in [5.74, 6) is -0.424. The Kier molecular flexibility index (Phi) is 4.57. The fraction of sp³-hybridized carbons (Fsp3) is 0.429. The molecule has 0 aromatic heterocycles. The Morgan fingerprint density at radius 3 is 2.65 bits per heavy atom. The smallest absolute Gasteiger partial charge is 0.337 e. The number of anilines is 1. The van der Waals surface area contributed by atoms with Crippen LogP contribution in [0, 0.1) is 6.92 Å². The van der Waals surface area contributed by atoms with Crippen molar-refractivity contribution in [2.75, 3.05) is 38.7 Å². The molecule has 1 heterocycles. The standard InChI is InChI=1S/C14H18N2O4/c1-10-3-4-11(13(17)19-2)9-12(10)15-14(18)16-5-7-20-8-6-16/h3-4,9H,5-8H2,1-2H3,(H,15,18). The molecule has 0 saturated carbocycles. The number of hydrogen-bond acceptors (Lipinski definition) is 4. The van der Waals surface area contributed by atoms with E-state index >= 15 is 0 Å². The van der Waals surface area contributed by atoms with Crippen molar-refractivity contribution < 1.29 is 19.1 Å². The maximum atomic E-state index is 12.1. The van der Waals surface area contributed by atoms with Crippen molar-refractivity contribution in [1.82, 2.24) is 4.90 Å². The van der Waals surface area contributed by atoms with E-state index in [0.717, 1.165) is 5.56 Å². The first kappa shape index (κ1) is 14.3. The van der Waals surface area contributed by atoms with Crippen LogP contribution in [-0.2, 0) is 9.47 Å². The van der Waals surface area contributed by atoms with Gasteiger partial charge in [-0.3, -0.25) is 0 Å². The molecule has 108 valence electrons. The van der Waals surface area contributed by atoms with Gasteiger partial charge in [0.25, 0.3) is 0 Å². The molecule has 20 heavy (non-hydrogen) atoms. The highest BCUT2D eigenvalue weighted by atomic mass is 16.5. The van der Waals surface area contributed by atoms with Crippen LogP contribution in [0.1, 0.15) is 15.9 Å². The topological polar surface area (TPSA) is 67.9 Å². The Hall–Kier alpha value is -2.08. The highest BCUT2D eigenvalue weighted by Crippen LogP contribution is 2.18. The summed E-state index contributed by atoms with van der Waals surface area (Å²) in [5.41, 5.74) is 1.92. The Morgan fingerprint density at radius 2 is 2.00 bits per heavy atom. The SMILES string of the molecule is COC(=O)c1ccc(C)c(NC(=O)N2CCOCC2)c1. The van der Waals surface area contributed by atoms with Gasteiger partial charge in [0.1, 0.15) is 0 Å². The molecule has 2 amide bonds. The first-order chi connectivity index (χ1) is 9.61. The van der Waals surface area contributed by atoms with Gasteiger partial charge in [-0.15, -0.1) is 0 Å².